The van der Waals surface area contributed by atoms with Crippen LogP contribution in [0.5, 0.6) is 0 Å². The van der Waals surface area contributed by atoms with Crippen LogP contribution in [0.2, 0.25) is 0 Å². The molecule has 0 radical (unpaired) electrons. The molecule has 1 aliphatic heterocycles. The Morgan fingerprint density at radius 1 is 1.16 bits per heavy atom. The Morgan fingerprint density at radius 2 is 1.84 bits per heavy atom. The van der Waals surface area contributed by atoms with Gasteiger partial charge in [-0.25, -0.2) is 0 Å². The van der Waals surface area contributed by atoms with E-state index in [-0.39, 0.29) is 0 Å². The lowest BCUT2D eigenvalue weighted by Gasteiger charge is -2.42. The van der Waals surface area contributed by atoms with E-state index in [0.717, 1.165) is 6.04 Å². The van der Waals surface area contributed by atoms with Crippen molar-refractivity contribution in [2.75, 3.05) is 20.1 Å². The first-order chi connectivity index (χ1) is 8.96. The molecule has 19 heavy (non-hydrogen) atoms. The minimum Gasteiger partial charge on any atom is -0.310 e. The number of nitrogens with zero attached hydrogens (tertiary/aromatic N) is 1. The zero-order chi connectivity index (χ0) is 13.9. The minimum absolute atomic E-state index is 0.427. The van der Waals surface area contributed by atoms with Crippen molar-refractivity contribution >= 4 is 0 Å². The molecule has 0 aromatic rings. The summed E-state index contributed by atoms with van der Waals surface area (Å²) in [5.74, 6) is 0. The third kappa shape index (κ3) is 3.95. The van der Waals surface area contributed by atoms with Crippen LogP contribution in [-0.4, -0.2) is 36.6 Å². The Bertz CT molecular complexity index is 269. The monoisotopic (exact) mass is 266 g/mol. The second kappa shape index (κ2) is 6.13. The number of nitrogens with one attached hydrogen (secondary N) is 1. The smallest absolute Gasteiger partial charge is 0.0309 e. The maximum Gasteiger partial charge on any atom is 0.0309 e. The van der Waals surface area contributed by atoms with Gasteiger partial charge >= 0.3 is 0 Å². The summed E-state index contributed by atoms with van der Waals surface area (Å²) in [7, 11) is 2.36. The lowest BCUT2D eigenvalue weighted by atomic mass is 9.75. The molecule has 1 heterocycles. The molecule has 2 heteroatoms. The van der Waals surface area contributed by atoms with Crippen molar-refractivity contribution in [3.63, 3.8) is 0 Å². The summed E-state index contributed by atoms with van der Waals surface area (Å²) < 4.78 is 0. The van der Waals surface area contributed by atoms with E-state index >= 15 is 0 Å². The van der Waals surface area contributed by atoms with Crippen LogP contribution in [0.1, 0.15) is 72.1 Å². The van der Waals surface area contributed by atoms with Crippen LogP contribution in [0.4, 0.5) is 0 Å². The van der Waals surface area contributed by atoms with Crippen LogP contribution in [0.15, 0.2) is 0 Å². The average molecular weight is 266 g/mol. The molecule has 2 fully saturated rings. The summed E-state index contributed by atoms with van der Waals surface area (Å²) in [5.41, 5.74) is 1.01. The normalized spacial score (nSPS) is 32.1. The van der Waals surface area contributed by atoms with Gasteiger partial charge in [-0.1, -0.05) is 27.2 Å². The van der Waals surface area contributed by atoms with E-state index in [9.17, 15) is 0 Å². The van der Waals surface area contributed by atoms with Crippen molar-refractivity contribution < 1.29 is 0 Å². The summed E-state index contributed by atoms with van der Waals surface area (Å²) in [6, 6.07) is 0.823. The van der Waals surface area contributed by atoms with Crippen LogP contribution in [0.25, 0.3) is 0 Å². The topological polar surface area (TPSA) is 15.3 Å². The molecule has 1 atom stereocenters. The van der Waals surface area contributed by atoms with Gasteiger partial charge in [0.05, 0.1) is 0 Å². The zero-order valence-electron chi connectivity index (χ0n) is 13.6. The van der Waals surface area contributed by atoms with Gasteiger partial charge < -0.3 is 10.2 Å². The SMILES string of the molecule is CCCC1(CN(C)C2CCC(C)(C)CC2)CCCN1. The second-order valence-electron chi connectivity index (χ2n) is 7.87. The Balaban J connectivity index is 1.87. The van der Waals surface area contributed by atoms with E-state index in [1.54, 1.807) is 0 Å². The Hall–Kier alpha value is -0.0800. The molecule has 2 nitrogen and oxygen atoms in total. The molecule has 1 aliphatic carbocycles. The summed E-state index contributed by atoms with van der Waals surface area (Å²) in [5, 5.41) is 3.82. The van der Waals surface area contributed by atoms with E-state index in [1.165, 1.54) is 64.5 Å². The molecule has 1 unspecified atom stereocenters. The fraction of sp³-hybridized carbons (Fsp3) is 1.00. The number of rotatable bonds is 5. The highest BCUT2D eigenvalue weighted by Crippen LogP contribution is 2.37. The van der Waals surface area contributed by atoms with Gasteiger partial charge in [-0.15, -0.1) is 0 Å². The fourth-order valence-corrected chi connectivity index (χ4v) is 4.21. The van der Waals surface area contributed by atoms with Crippen LogP contribution >= 0.6 is 0 Å². The highest BCUT2D eigenvalue weighted by Gasteiger charge is 2.36. The predicted molar refractivity (Wildman–Crippen MR) is 83.5 cm³/mol. The van der Waals surface area contributed by atoms with Crippen molar-refractivity contribution in [2.45, 2.75) is 83.7 Å². The number of hydrogen-bond donors (Lipinski definition) is 1. The molecular weight excluding hydrogens is 232 g/mol. The molecule has 1 saturated carbocycles. The molecule has 112 valence electrons. The van der Waals surface area contributed by atoms with E-state index in [2.05, 4.69) is 38.0 Å². The molecule has 1 N–H and O–H groups in total. The van der Waals surface area contributed by atoms with Gasteiger partial charge in [0.2, 0.25) is 0 Å². The van der Waals surface area contributed by atoms with Gasteiger partial charge in [0.25, 0.3) is 0 Å². The highest BCUT2D eigenvalue weighted by atomic mass is 15.2. The van der Waals surface area contributed by atoms with Gasteiger partial charge in [-0.2, -0.15) is 0 Å². The van der Waals surface area contributed by atoms with Gasteiger partial charge in [-0.3, -0.25) is 0 Å². The van der Waals surface area contributed by atoms with Crippen molar-refractivity contribution in [1.29, 1.82) is 0 Å². The molecular formula is C17H34N2. The molecule has 1 saturated heterocycles. The van der Waals surface area contributed by atoms with Crippen molar-refractivity contribution in [2.24, 2.45) is 5.41 Å². The Labute approximate surface area is 120 Å². The van der Waals surface area contributed by atoms with Crippen LogP contribution in [0.3, 0.4) is 0 Å². The largest absolute Gasteiger partial charge is 0.310 e. The minimum atomic E-state index is 0.427. The molecule has 2 rings (SSSR count). The third-order valence-corrected chi connectivity index (χ3v) is 5.54. The zero-order valence-corrected chi connectivity index (χ0v) is 13.6. The molecule has 2 aliphatic rings. The quantitative estimate of drug-likeness (QED) is 0.814. The van der Waals surface area contributed by atoms with Gasteiger partial charge in [0, 0.05) is 18.1 Å². The summed E-state index contributed by atoms with van der Waals surface area (Å²) in [4.78, 5) is 2.67. The van der Waals surface area contributed by atoms with Crippen molar-refractivity contribution in [1.82, 2.24) is 10.2 Å². The van der Waals surface area contributed by atoms with E-state index < -0.39 is 0 Å². The first-order valence-electron chi connectivity index (χ1n) is 8.42. The molecule has 0 aromatic heterocycles. The van der Waals surface area contributed by atoms with Gasteiger partial charge in [0.1, 0.15) is 0 Å². The Kier molecular flexibility index (Phi) is 4.94. The van der Waals surface area contributed by atoms with Crippen LogP contribution in [0, 0.1) is 5.41 Å². The molecule has 0 aromatic carbocycles. The maximum atomic E-state index is 3.82. The van der Waals surface area contributed by atoms with E-state index in [0.29, 0.717) is 11.0 Å². The first-order valence-corrected chi connectivity index (χ1v) is 8.42. The van der Waals surface area contributed by atoms with Crippen molar-refractivity contribution in [3.8, 4) is 0 Å². The molecule has 0 bridgehead atoms. The molecule has 0 amide bonds. The Morgan fingerprint density at radius 3 is 2.37 bits per heavy atom. The average Bonchev–Trinajstić information content (AvgIpc) is 2.77. The number of likely N-dealkylation sites (N-methyl/N-ethyl adjacent to an activating group) is 1. The summed E-state index contributed by atoms with van der Waals surface area (Å²) >= 11 is 0. The van der Waals surface area contributed by atoms with Crippen molar-refractivity contribution in [3.05, 3.63) is 0 Å². The van der Waals surface area contributed by atoms with E-state index in [1.807, 2.05) is 0 Å². The lowest BCUT2D eigenvalue weighted by molar-refractivity contribution is 0.0999. The fourth-order valence-electron chi connectivity index (χ4n) is 4.21. The van der Waals surface area contributed by atoms with Gasteiger partial charge in [-0.05, 0) is 64.0 Å². The molecule has 0 spiro atoms. The standard InChI is InChI=1S/C17H34N2/c1-5-9-17(10-6-13-18-17)14-19(4)15-7-11-16(2,3)12-8-15/h15,18H,5-14H2,1-4H3. The van der Waals surface area contributed by atoms with Crippen LogP contribution < -0.4 is 5.32 Å². The summed E-state index contributed by atoms with van der Waals surface area (Å²) in [6.07, 6.45) is 11.0. The lowest BCUT2D eigenvalue weighted by Crippen LogP contribution is -2.52. The predicted octanol–water partition coefficient (Wildman–Crippen LogP) is 3.81. The maximum absolute atomic E-state index is 3.82. The summed E-state index contributed by atoms with van der Waals surface area (Å²) in [6.45, 7) is 9.67. The number of hydrogen-bond acceptors (Lipinski definition) is 2. The second-order valence-corrected chi connectivity index (χ2v) is 7.87. The van der Waals surface area contributed by atoms with E-state index in [4.69, 9.17) is 0 Å². The first kappa shape index (κ1) is 15.3. The highest BCUT2D eigenvalue weighted by molar-refractivity contribution is 4.96. The third-order valence-electron chi connectivity index (χ3n) is 5.54. The van der Waals surface area contributed by atoms with Crippen LogP contribution in [-0.2, 0) is 0 Å². The van der Waals surface area contributed by atoms with Gasteiger partial charge in [0.15, 0.2) is 0 Å².